The maximum atomic E-state index is 11.9. The van der Waals surface area contributed by atoms with Crippen molar-refractivity contribution in [3.63, 3.8) is 0 Å². The van der Waals surface area contributed by atoms with Gasteiger partial charge in [-0.1, -0.05) is 18.2 Å². The predicted octanol–water partition coefficient (Wildman–Crippen LogP) is 2.82. The van der Waals surface area contributed by atoms with Crippen LogP contribution in [0.2, 0.25) is 0 Å². The van der Waals surface area contributed by atoms with Gasteiger partial charge >= 0.3 is 6.09 Å². The van der Waals surface area contributed by atoms with Crippen LogP contribution in [0.5, 0.6) is 0 Å². The standard InChI is InChI=1S/C16H23N3O2S/c1-16(2,3)21-15(20)19-13(14(17)22)8-10-9-18-12-7-5-4-6-11(10)12/h4-7,9,13-14,18,22H,8,17H2,1-3H3,(H,19,20)/t13-,14-/m0/s1. The van der Waals surface area contributed by atoms with Crippen molar-refractivity contribution in [1.82, 2.24) is 10.3 Å². The van der Waals surface area contributed by atoms with Crippen molar-refractivity contribution in [1.29, 1.82) is 0 Å². The van der Waals surface area contributed by atoms with Gasteiger partial charge in [-0.15, -0.1) is 0 Å². The molecule has 2 aromatic rings. The number of aromatic amines is 1. The number of nitrogens with two attached hydrogens (primary N) is 1. The van der Waals surface area contributed by atoms with Gasteiger partial charge in [-0.2, -0.15) is 12.6 Å². The van der Waals surface area contributed by atoms with E-state index in [0.717, 1.165) is 16.5 Å². The van der Waals surface area contributed by atoms with Crippen LogP contribution < -0.4 is 11.1 Å². The number of thiol groups is 1. The zero-order chi connectivity index (χ0) is 16.3. The third-order valence-electron chi connectivity index (χ3n) is 3.23. The van der Waals surface area contributed by atoms with Crippen LogP contribution in [0.3, 0.4) is 0 Å². The number of amides is 1. The van der Waals surface area contributed by atoms with Crippen molar-refractivity contribution < 1.29 is 9.53 Å². The van der Waals surface area contributed by atoms with Gasteiger partial charge in [0.1, 0.15) is 5.60 Å². The molecular formula is C16H23N3O2S. The number of aromatic nitrogens is 1. The number of carbonyl (C=O) groups excluding carboxylic acids is 1. The van der Waals surface area contributed by atoms with Crippen molar-refractivity contribution in [2.24, 2.45) is 5.73 Å². The summed E-state index contributed by atoms with van der Waals surface area (Å²) in [6, 6.07) is 7.68. The highest BCUT2D eigenvalue weighted by molar-refractivity contribution is 7.80. The molecule has 0 saturated carbocycles. The molecule has 0 aliphatic rings. The molecule has 4 N–H and O–H groups in total. The van der Waals surface area contributed by atoms with Gasteiger partial charge in [0.05, 0.1) is 11.4 Å². The number of fused-ring (bicyclic) bond motifs is 1. The van der Waals surface area contributed by atoms with E-state index in [1.807, 2.05) is 51.2 Å². The number of hydrogen-bond acceptors (Lipinski definition) is 4. The molecule has 5 nitrogen and oxygen atoms in total. The Balaban J connectivity index is 2.11. The molecule has 22 heavy (non-hydrogen) atoms. The Hall–Kier alpha value is -1.66. The number of alkyl carbamates (subject to hydrolysis) is 1. The molecular weight excluding hydrogens is 298 g/mol. The molecule has 1 amide bonds. The molecule has 2 rings (SSSR count). The van der Waals surface area contributed by atoms with Gasteiger partial charge in [0, 0.05) is 17.1 Å². The largest absolute Gasteiger partial charge is 0.444 e. The predicted molar refractivity (Wildman–Crippen MR) is 92.1 cm³/mol. The number of rotatable bonds is 4. The van der Waals surface area contributed by atoms with Crippen molar-refractivity contribution in [3.05, 3.63) is 36.0 Å². The molecule has 0 saturated heterocycles. The van der Waals surface area contributed by atoms with Crippen molar-refractivity contribution in [2.45, 2.75) is 44.2 Å². The van der Waals surface area contributed by atoms with Gasteiger partial charge in [-0.25, -0.2) is 4.79 Å². The maximum Gasteiger partial charge on any atom is 0.407 e. The molecule has 120 valence electrons. The quantitative estimate of drug-likeness (QED) is 0.516. The van der Waals surface area contributed by atoms with Gasteiger partial charge in [0.2, 0.25) is 0 Å². The van der Waals surface area contributed by atoms with E-state index in [1.165, 1.54) is 0 Å². The molecule has 0 spiro atoms. The van der Waals surface area contributed by atoms with Gasteiger partial charge in [0.25, 0.3) is 0 Å². The Bertz CT molecular complexity index is 646. The molecule has 6 heteroatoms. The topological polar surface area (TPSA) is 80.1 Å². The first-order valence-corrected chi connectivity index (χ1v) is 7.76. The summed E-state index contributed by atoms with van der Waals surface area (Å²) in [5, 5.41) is 3.43. The molecule has 0 aliphatic carbocycles. The summed E-state index contributed by atoms with van der Waals surface area (Å²) < 4.78 is 5.28. The smallest absolute Gasteiger partial charge is 0.407 e. The van der Waals surface area contributed by atoms with E-state index < -0.39 is 17.1 Å². The Labute approximate surface area is 136 Å². The van der Waals surface area contributed by atoms with Crippen LogP contribution in [0.4, 0.5) is 4.79 Å². The lowest BCUT2D eigenvalue weighted by Gasteiger charge is -2.25. The SMILES string of the molecule is CC(C)(C)OC(=O)N[C@@H](Cc1c[nH]c2ccccc12)[C@@H](N)S. The average Bonchev–Trinajstić information content (AvgIpc) is 2.79. The highest BCUT2D eigenvalue weighted by Crippen LogP contribution is 2.20. The Morgan fingerprint density at radius 3 is 2.73 bits per heavy atom. The van der Waals surface area contributed by atoms with E-state index in [9.17, 15) is 4.79 Å². The van der Waals surface area contributed by atoms with Gasteiger partial charge < -0.3 is 20.8 Å². The third-order valence-corrected chi connectivity index (χ3v) is 3.59. The average molecular weight is 321 g/mol. The second-order valence-electron chi connectivity index (χ2n) is 6.31. The van der Waals surface area contributed by atoms with Crippen molar-refractivity contribution >= 4 is 29.6 Å². The van der Waals surface area contributed by atoms with Crippen LogP contribution in [-0.2, 0) is 11.2 Å². The van der Waals surface area contributed by atoms with E-state index in [0.29, 0.717) is 6.42 Å². The van der Waals surface area contributed by atoms with Gasteiger partial charge in [-0.3, -0.25) is 0 Å². The molecule has 1 aromatic heterocycles. The summed E-state index contributed by atoms with van der Waals surface area (Å²) >= 11 is 4.28. The highest BCUT2D eigenvalue weighted by Gasteiger charge is 2.23. The lowest BCUT2D eigenvalue weighted by Crippen LogP contribution is -2.48. The molecule has 0 fully saturated rings. The Morgan fingerprint density at radius 2 is 2.09 bits per heavy atom. The molecule has 0 aliphatic heterocycles. The fourth-order valence-corrected chi connectivity index (χ4v) is 2.43. The second kappa shape index (κ2) is 6.62. The Morgan fingerprint density at radius 1 is 1.41 bits per heavy atom. The molecule has 0 bridgehead atoms. The molecule has 1 aromatic carbocycles. The van der Waals surface area contributed by atoms with E-state index in [-0.39, 0.29) is 6.04 Å². The van der Waals surface area contributed by atoms with Gasteiger partial charge in [0.15, 0.2) is 0 Å². The first-order chi connectivity index (χ1) is 10.3. The summed E-state index contributed by atoms with van der Waals surface area (Å²) in [7, 11) is 0. The first-order valence-electron chi connectivity index (χ1n) is 7.24. The molecule has 1 heterocycles. The number of para-hydroxylation sites is 1. The third kappa shape index (κ3) is 4.42. The minimum absolute atomic E-state index is 0.322. The van der Waals surface area contributed by atoms with Crippen LogP contribution in [0.1, 0.15) is 26.3 Å². The highest BCUT2D eigenvalue weighted by atomic mass is 32.1. The number of ether oxygens (including phenoxy) is 1. The fourth-order valence-electron chi connectivity index (χ4n) is 2.25. The summed E-state index contributed by atoms with van der Waals surface area (Å²) in [6.07, 6.45) is 2.03. The molecule has 0 unspecified atom stereocenters. The van der Waals surface area contributed by atoms with E-state index in [2.05, 4.69) is 22.9 Å². The van der Waals surface area contributed by atoms with E-state index in [4.69, 9.17) is 10.5 Å². The van der Waals surface area contributed by atoms with E-state index in [1.54, 1.807) is 0 Å². The monoisotopic (exact) mass is 321 g/mol. The Kier molecular flexibility index (Phi) is 5.03. The summed E-state index contributed by atoms with van der Waals surface area (Å²) in [5.74, 6) is 0. The lowest BCUT2D eigenvalue weighted by atomic mass is 10.0. The van der Waals surface area contributed by atoms with Crippen LogP contribution >= 0.6 is 12.6 Å². The maximum absolute atomic E-state index is 11.9. The summed E-state index contributed by atoms with van der Waals surface area (Å²) in [4.78, 5) is 15.1. The normalized spacial score (nSPS) is 14.6. The van der Waals surface area contributed by atoms with Crippen LogP contribution in [0.25, 0.3) is 10.9 Å². The minimum Gasteiger partial charge on any atom is -0.444 e. The second-order valence-corrected chi connectivity index (χ2v) is 6.90. The zero-order valence-corrected chi connectivity index (χ0v) is 14.0. The summed E-state index contributed by atoms with van der Waals surface area (Å²) in [5.41, 5.74) is 7.49. The van der Waals surface area contributed by atoms with Crippen LogP contribution in [0, 0.1) is 0 Å². The lowest BCUT2D eigenvalue weighted by molar-refractivity contribution is 0.0503. The zero-order valence-electron chi connectivity index (χ0n) is 13.1. The molecule has 2 atom stereocenters. The van der Waals surface area contributed by atoms with Crippen LogP contribution in [-0.4, -0.2) is 28.1 Å². The fraction of sp³-hybridized carbons (Fsp3) is 0.438. The van der Waals surface area contributed by atoms with Crippen LogP contribution in [0.15, 0.2) is 30.5 Å². The molecule has 0 radical (unpaired) electrons. The summed E-state index contributed by atoms with van der Waals surface area (Å²) in [6.45, 7) is 5.46. The number of benzene rings is 1. The number of nitrogens with one attached hydrogen (secondary N) is 2. The van der Waals surface area contributed by atoms with Gasteiger partial charge in [-0.05, 0) is 38.8 Å². The first kappa shape index (κ1) is 16.7. The number of carbonyl (C=O) groups is 1. The van der Waals surface area contributed by atoms with Crippen molar-refractivity contribution in [3.8, 4) is 0 Å². The number of H-pyrrole nitrogens is 1. The number of hydrogen-bond donors (Lipinski definition) is 4. The van der Waals surface area contributed by atoms with E-state index >= 15 is 0 Å². The minimum atomic E-state index is -0.546. The van der Waals surface area contributed by atoms with Crippen molar-refractivity contribution in [2.75, 3.05) is 0 Å².